The predicted octanol–water partition coefficient (Wildman–Crippen LogP) is 5.09. The van der Waals surface area contributed by atoms with Crippen LogP contribution >= 0.6 is 22.9 Å². The van der Waals surface area contributed by atoms with Gasteiger partial charge in [-0.1, -0.05) is 29.8 Å². The molecule has 0 radical (unpaired) electrons. The molecule has 0 unspecified atom stereocenters. The zero-order valence-corrected chi connectivity index (χ0v) is 21.3. The predicted molar refractivity (Wildman–Crippen MR) is 138 cm³/mol. The molecule has 0 bridgehead atoms. The van der Waals surface area contributed by atoms with Gasteiger partial charge in [0, 0.05) is 42.3 Å². The van der Waals surface area contributed by atoms with Crippen LogP contribution in [0.5, 0.6) is 5.75 Å². The van der Waals surface area contributed by atoms with Gasteiger partial charge in [0.15, 0.2) is 0 Å². The number of hydrogen-bond acceptors (Lipinski definition) is 5. The van der Waals surface area contributed by atoms with Gasteiger partial charge in [-0.15, -0.1) is 11.3 Å². The summed E-state index contributed by atoms with van der Waals surface area (Å²) in [5.41, 5.74) is 1.68. The Balaban J connectivity index is 1.51. The average molecular weight is 513 g/mol. The Morgan fingerprint density at radius 1 is 1.11 bits per heavy atom. The summed E-state index contributed by atoms with van der Waals surface area (Å²) in [6.07, 6.45) is 1.45. The van der Waals surface area contributed by atoms with Gasteiger partial charge in [0.05, 0.1) is 6.04 Å². The normalized spacial score (nSPS) is 14.9. The number of fused-ring (bicyclic) bond motifs is 1. The van der Waals surface area contributed by atoms with Crippen LogP contribution in [0.2, 0.25) is 5.02 Å². The molecule has 4 rings (SSSR count). The van der Waals surface area contributed by atoms with Crippen LogP contribution in [0, 0.1) is 0 Å². The molecule has 0 spiro atoms. The van der Waals surface area contributed by atoms with E-state index >= 15 is 0 Å². The lowest BCUT2D eigenvalue weighted by molar-refractivity contribution is -0.135. The number of nitrogens with zero attached hydrogens (tertiary/aromatic N) is 2. The number of carbonyl (C=O) groups is 2. The first-order chi connectivity index (χ1) is 17.1. The lowest BCUT2D eigenvalue weighted by atomic mass is 10.0. The highest BCUT2D eigenvalue weighted by Gasteiger charge is 2.33. The van der Waals surface area contributed by atoms with Gasteiger partial charge in [-0.3, -0.25) is 9.59 Å². The molecule has 0 fully saturated rings. The van der Waals surface area contributed by atoms with Gasteiger partial charge < -0.3 is 19.3 Å². The molecular formula is C27H29ClN2O4S. The molecule has 1 aliphatic heterocycles. The second-order valence-corrected chi connectivity index (χ2v) is 9.79. The van der Waals surface area contributed by atoms with E-state index in [-0.39, 0.29) is 24.4 Å². The van der Waals surface area contributed by atoms with Crippen molar-refractivity contribution in [1.82, 2.24) is 9.80 Å². The van der Waals surface area contributed by atoms with Crippen LogP contribution in [-0.2, 0) is 16.0 Å². The van der Waals surface area contributed by atoms with E-state index in [0.29, 0.717) is 49.1 Å². The molecule has 35 heavy (non-hydrogen) atoms. The van der Waals surface area contributed by atoms with Crippen molar-refractivity contribution in [2.24, 2.45) is 0 Å². The highest BCUT2D eigenvalue weighted by Crippen LogP contribution is 2.34. The standard InChI is InChI=1S/C27H29ClN2O4S/c1-33-16-5-14-29(27(32)20-6-3-2-4-7-20)18-26(31)30-15-12-25-23(13-17-35-25)24(30)19-34-22-10-8-21(28)9-11-22/h2-4,6-11,13,17,24H,5,12,14-16,18-19H2,1H3/t24-/m0/s1. The molecule has 3 aromatic rings. The average Bonchev–Trinajstić information content (AvgIpc) is 3.37. The number of carbonyl (C=O) groups excluding carboxylic acids is 2. The minimum Gasteiger partial charge on any atom is -0.491 e. The van der Waals surface area contributed by atoms with E-state index in [1.165, 1.54) is 4.88 Å². The molecule has 0 saturated carbocycles. The van der Waals surface area contributed by atoms with Gasteiger partial charge in [-0.2, -0.15) is 0 Å². The van der Waals surface area contributed by atoms with Crippen molar-refractivity contribution in [3.63, 3.8) is 0 Å². The van der Waals surface area contributed by atoms with Crippen molar-refractivity contribution in [1.29, 1.82) is 0 Å². The fourth-order valence-corrected chi connectivity index (χ4v) is 5.30. The van der Waals surface area contributed by atoms with Crippen molar-refractivity contribution in [3.8, 4) is 5.75 Å². The molecule has 0 aliphatic carbocycles. The Kier molecular flexibility index (Phi) is 8.79. The summed E-state index contributed by atoms with van der Waals surface area (Å²) in [6, 6.07) is 18.1. The third-order valence-corrected chi connectivity index (χ3v) is 7.30. The van der Waals surface area contributed by atoms with E-state index in [0.717, 1.165) is 12.0 Å². The number of thiophene rings is 1. The Labute approximate surface area is 215 Å². The van der Waals surface area contributed by atoms with Crippen molar-refractivity contribution in [3.05, 3.63) is 87.1 Å². The third-order valence-electron chi connectivity index (χ3n) is 6.05. The molecule has 8 heteroatoms. The van der Waals surface area contributed by atoms with Crippen LogP contribution in [-0.4, -0.2) is 61.6 Å². The van der Waals surface area contributed by atoms with E-state index in [1.807, 2.05) is 35.2 Å². The maximum absolute atomic E-state index is 13.6. The molecule has 2 heterocycles. The number of hydrogen-bond donors (Lipinski definition) is 0. The second kappa shape index (κ2) is 12.2. The number of ether oxygens (including phenoxy) is 2. The van der Waals surface area contributed by atoms with Gasteiger partial charge in [0.1, 0.15) is 18.9 Å². The first kappa shape index (κ1) is 25.2. The summed E-state index contributed by atoms with van der Waals surface area (Å²) in [5.74, 6) is 0.454. The highest BCUT2D eigenvalue weighted by atomic mass is 35.5. The Bertz CT molecular complexity index is 1120. The third kappa shape index (κ3) is 6.42. The summed E-state index contributed by atoms with van der Waals surface area (Å²) >= 11 is 7.70. The summed E-state index contributed by atoms with van der Waals surface area (Å²) < 4.78 is 11.2. The van der Waals surface area contributed by atoms with Gasteiger partial charge in [-0.25, -0.2) is 0 Å². The summed E-state index contributed by atoms with van der Waals surface area (Å²) in [7, 11) is 1.63. The maximum Gasteiger partial charge on any atom is 0.254 e. The Morgan fingerprint density at radius 3 is 2.63 bits per heavy atom. The summed E-state index contributed by atoms with van der Waals surface area (Å²) in [5, 5.41) is 2.70. The first-order valence-electron chi connectivity index (χ1n) is 11.6. The van der Waals surface area contributed by atoms with E-state index in [4.69, 9.17) is 21.1 Å². The quantitative estimate of drug-likeness (QED) is 0.355. The second-order valence-electron chi connectivity index (χ2n) is 8.36. The molecule has 2 aromatic carbocycles. The number of amides is 2. The summed E-state index contributed by atoms with van der Waals surface area (Å²) in [6.45, 7) is 1.89. The van der Waals surface area contributed by atoms with Crippen LogP contribution < -0.4 is 4.74 Å². The Hall–Kier alpha value is -2.87. The molecule has 0 saturated heterocycles. The summed E-state index contributed by atoms with van der Waals surface area (Å²) in [4.78, 5) is 31.6. The molecule has 184 valence electrons. The van der Waals surface area contributed by atoms with Crippen molar-refractivity contribution in [2.45, 2.75) is 18.9 Å². The maximum atomic E-state index is 13.6. The van der Waals surface area contributed by atoms with E-state index < -0.39 is 0 Å². The number of halogens is 1. The van der Waals surface area contributed by atoms with Crippen LogP contribution in [0.15, 0.2) is 66.0 Å². The zero-order valence-electron chi connectivity index (χ0n) is 19.7. The van der Waals surface area contributed by atoms with Gasteiger partial charge in [-0.05, 0) is 66.2 Å². The first-order valence-corrected chi connectivity index (χ1v) is 12.9. The smallest absolute Gasteiger partial charge is 0.254 e. The number of benzene rings is 2. The van der Waals surface area contributed by atoms with E-state index in [9.17, 15) is 9.59 Å². The fraction of sp³-hybridized carbons (Fsp3) is 0.333. The highest BCUT2D eigenvalue weighted by molar-refractivity contribution is 7.10. The van der Waals surface area contributed by atoms with Crippen LogP contribution in [0.1, 0.15) is 33.3 Å². The molecule has 1 aromatic heterocycles. The zero-order chi connectivity index (χ0) is 24.6. The lowest BCUT2D eigenvalue weighted by Gasteiger charge is -2.37. The van der Waals surface area contributed by atoms with Crippen molar-refractivity contribution < 1.29 is 19.1 Å². The molecule has 1 aliphatic rings. The molecule has 1 atom stereocenters. The monoisotopic (exact) mass is 512 g/mol. The lowest BCUT2D eigenvalue weighted by Crippen LogP contribution is -2.48. The SMILES string of the molecule is COCCCN(CC(=O)N1CCc2sccc2[C@@H]1COc1ccc(Cl)cc1)C(=O)c1ccccc1. The van der Waals surface area contributed by atoms with Crippen molar-refractivity contribution in [2.75, 3.05) is 40.0 Å². The minimum atomic E-state index is -0.221. The Morgan fingerprint density at radius 2 is 1.89 bits per heavy atom. The largest absolute Gasteiger partial charge is 0.491 e. The van der Waals surface area contributed by atoms with Gasteiger partial charge in [0.2, 0.25) is 5.91 Å². The number of methoxy groups -OCH3 is 1. The van der Waals surface area contributed by atoms with Gasteiger partial charge in [0.25, 0.3) is 5.91 Å². The molecular weight excluding hydrogens is 484 g/mol. The van der Waals surface area contributed by atoms with Crippen LogP contribution in [0.25, 0.3) is 0 Å². The van der Waals surface area contributed by atoms with Crippen LogP contribution in [0.3, 0.4) is 0 Å². The molecule has 0 N–H and O–H groups in total. The fourth-order valence-electron chi connectivity index (χ4n) is 4.25. The van der Waals surface area contributed by atoms with E-state index in [2.05, 4.69) is 11.4 Å². The van der Waals surface area contributed by atoms with Crippen LogP contribution in [0.4, 0.5) is 0 Å². The topological polar surface area (TPSA) is 59.1 Å². The van der Waals surface area contributed by atoms with Gasteiger partial charge >= 0.3 is 0 Å². The number of rotatable bonds is 10. The van der Waals surface area contributed by atoms with Crippen molar-refractivity contribution >= 4 is 34.8 Å². The molecule has 2 amide bonds. The van der Waals surface area contributed by atoms with E-state index in [1.54, 1.807) is 47.6 Å². The molecule has 6 nitrogen and oxygen atoms in total. The minimum absolute atomic E-state index is 0.00829.